The second-order valence-corrected chi connectivity index (χ2v) is 2.97. The van der Waals surface area contributed by atoms with Gasteiger partial charge in [0.15, 0.2) is 0 Å². The van der Waals surface area contributed by atoms with Crippen LogP contribution in [-0.4, -0.2) is 18.4 Å². The summed E-state index contributed by atoms with van der Waals surface area (Å²) < 4.78 is 25.0. The fourth-order valence-electron chi connectivity index (χ4n) is 1.52. The molecule has 1 unspecified atom stereocenters. The lowest BCUT2D eigenvalue weighted by Crippen LogP contribution is -2.24. The number of hydrogen-bond donors (Lipinski definition) is 1. The molecule has 1 aliphatic heterocycles. The number of carbonyl (C=O) groups is 1. The van der Waals surface area contributed by atoms with Crippen molar-refractivity contribution >= 4 is 5.91 Å². The molecule has 1 heterocycles. The third kappa shape index (κ3) is 0.458. The molecule has 1 atom stereocenters. The van der Waals surface area contributed by atoms with Crippen LogP contribution in [-0.2, 0) is 4.79 Å². The highest BCUT2D eigenvalue weighted by Crippen LogP contribution is 2.64. The zero-order chi connectivity index (χ0) is 7.41. The summed E-state index contributed by atoms with van der Waals surface area (Å²) in [5.74, 6) is -3.18. The van der Waals surface area contributed by atoms with E-state index in [1.165, 1.54) is 0 Å². The van der Waals surface area contributed by atoms with E-state index in [1.807, 2.05) is 0 Å². The molecular weight excluding hydrogens is 140 g/mol. The third-order valence-corrected chi connectivity index (χ3v) is 2.37. The Labute approximate surface area is 56.6 Å². The summed E-state index contributed by atoms with van der Waals surface area (Å²) in [6.07, 6.45) is 0.0602. The van der Waals surface area contributed by atoms with Crippen molar-refractivity contribution in [3.63, 3.8) is 0 Å². The summed E-state index contributed by atoms with van der Waals surface area (Å²) in [5, 5.41) is 2.41. The molecule has 2 nitrogen and oxygen atoms in total. The molecule has 0 aromatic carbocycles. The van der Waals surface area contributed by atoms with Gasteiger partial charge in [-0.05, 0) is 6.42 Å². The van der Waals surface area contributed by atoms with E-state index in [9.17, 15) is 13.6 Å². The molecule has 1 spiro atoms. The van der Waals surface area contributed by atoms with Crippen LogP contribution in [0, 0.1) is 5.41 Å². The summed E-state index contributed by atoms with van der Waals surface area (Å²) in [7, 11) is 0. The quantitative estimate of drug-likeness (QED) is 0.532. The molecule has 1 saturated heterocycles. The monoisotopic (exact) mass is 147 g/mol. The predicted molar refractivity (Wildman–Crippen MR) is 29.6 cm³/mol. The van der Waals surface area contributed by atoms with E-state index in [4.69, 9.17) is 0 Å². The fourth-order valence-corrected chi connectivity index (χ4v) is 1.52. The number of amides is 1. The Balaban J connectivity index is 2.27. The average Bonchev–Trinajstić information content (AvgIpc) is 2.12. The van der Waals surface area contributed by atoms with Gasteiger partial charge >= 0.3 is 0 Å². The molecule has 0 aromatic heterocycles. The number of rotatable bonds is 0. The average molecular weight is 147 g/mol. The normalized spacial score (nSPS) is 42.0. The predicted octanol–water partition coefficient (Wildman–Crippen LogP) is 0.532. The second-order valence-electron chi connectivity index (χ2n) is 2.97. The molecule has 0 aromatic rings. The lowest BCUT2D eigenvalue weighted by Gasteiger charge is -2.01. The summed E-state index contributed by atoms with van der Waals surface area (Å²) in [6, 6.07) is 0. The van der Waals surface area contributed by atoms with Gasteiger partial charge in [-0.15, -0.1) is 0 Å². The zero-order valence-electron chi connectivity index (χ0n) is 5.29. The lowest BCUT2D eigenvalue weighted by atomic mass is 10.1. The van der Waals surface area contributed by atoms with Crippen molar-refractivity contribution in [2.24, 2.45) is 5.41 Å². The van der Waals surface area contributed by atoms with Crippen LogP contribution >= 0.6 is 0 Å². The van der Waals surface area contributed by atoms with E-state index in [0.29, 0.717) is 13.0 Å². The Kier molecular flexibility index (Phi) is 0.808. The Bertz CT molecular complexity index is 200. The minimum Gasteiger partial charge on any atom is -0.355 e. The van der Waals surface area contributed by atoms with Crippen molar-refractivity contribution in [1.82, 2.24) is 5.32 Å². The largest absolute Gasteiger partial charge is 0.355 e. The Morgan fingerprint density at radius 3 is 2.30 bits per heavy atom. The first-order chi connectivity index (χ1) is 4.58. The van der Waals surface area contributed by atoms with E-state index >= 15 is 0 Å². The highest BCUT2D eigenvalue weighted by Gasteiger charge is 2.76. The standard InChI is InChI=1S/C6H7F2NO/c7-6(8)3-5(6)1-2-9-4(5)10/h1-3H2,(H,9,10). The third-order valence-electron chi connectivity index (χ3n) is 2.37. The number of alkyl halides is 2. The molecule has 1 aliphatic carbocycles. The highest BCUT2D eigenvalue weighted by molar-refractivity contribution is 5.89. The maximum atomic E-state index is 12.5. The summed E-state index contributed by atoms with van der Waals surface area (Å²) >= 11 is 0. The van der Waals surface area contributed by atoms with E-state index in [1.54, 1.807) is 0 Å². The summed E-state index contributed by atoms with van der Waals surface area (Å²) in [4.78, 5) is 10.8. The van der Waals surface area contributed by atoms with Crippen molar-refractivity contribution in [2.45, 2.75) is 18.8 Å². The van der Waals surface area contributed by atoms with Crippen molar-refractivity contribution in [1.29, 1.82) is 0 Å². The van der Waals surface area contributed by atoms with Gasteiger partial charge in [-0.1, -0.05) is 0 Å². The van der Waals surface area contributed by atoms with Crippen LogP contribution in [0.4, 0.5) is 8.78 Å². The first-order valence-corrected chi connectivity index (χ1v) is 3.25. The number of carbonyl (C=O) groups excluding carboxylic acids is 1. The van der Waals surface area contributed by atoms with Crippen LogP contribution in [0.15, 0.2) is 0 Å². The van der Waals surface area contributed by atoms with Crippen molar-refractivity contribution in [2.75, 3.05) is 6.54 Å². The van der Waals surface area contributed by atoms with Gasteiger partial charge < -0.3 is 5.32 Å². The molecule has 2 fully saturated rings. The Morgan fingerprint density at radius 1 is 1.50 bits per heavy atom. The van der Waals surface area contributed by atoms with Gasteiger partial charge in [0.1, 0.15) is 5.41 Å². The van der Waals surface area contributed by atoms with Gasteiger partial charge in [-0.2, -0.15) is 0 Å². The molecule has 0 radical (unpaired) electrons. The van der Waals surface area contributed by atoms with Crippen molar-refractivity contribution < 1.29 is 13.6 Å². The summed E-state index contributed by atoms with van der Waals surface area (Å²) in [5.41, 5.74) is -1.28. The molecule has 0 bridgehead atoms. The number of hydrogen-bond acceptors (Lipinski definition) is 1. The molecule has 2 rings (SSSR count). The van der Waals surface area contributed by atoms with Gasteiger partial charge in [0.2, 0.25) is 5.91 Å². The van der Waals surface area contributed by atoms with Crippen LogP contribution in [0.25, 0.3) is 0 Å². The lowest BCUT2D eigenvalue weighted by molar-refractivity contribution is -0.126. The van der Waals surface area contributed by atoms with Gasteiger partial charge in [0.05, 0.1) is 0 Å². The van der Waals surface area contributed by atoms with Gasteiger partial charge in [-0.25, -0.2) is 8.78 Å². The van der Waals surface area contributed by atoms with Crippen LogP contribution in [0.3, 0.4) is 0 Å². The molecule has 10 heavy (non-hydrogen) atoms. The maximum Gasteiger partial charge on any atom is 0.263 e. The second kappa shape index (κ2) is 1.33. The minimum absolute atomic E-state index is 0.244. The van der Waals surface area contributed by atoms with E-state index in [0.717, 1.165) is 0 Å². The van der Waals surface area contributed by atoms with Crippen LogP contribution < -0.4 is 5.32 Å². The minimum atomic E-state index is -2.71. The molecule has 1 N–H and O–H groups in total. The molecular formula is C6H7F2NO. The summed E-state index contributed by atoms with van der Waals surface area (Å²) in [6.45, 7) is 0.411. The molecule has 1 amide bonds. The number of nitrogens with one attached hydrogen (secondary N) is 1. The first kappa shape index (κ1) is 6.07. The maximum absolute atomic E-state index is 12.5. The van der Waals surface area contributed by atoms with E-state index in [-0.39, 0.29) is 6.42 Å². The molecule has 56 valence electrons. The highest BCUT2D eigenvalue weighted by atomic mass is 19.3. The molecule has 1 saturated carbocycles. The Morgan fingerprint density at radius 2 is 2.10 bits per heavy atom. The van der Waals surface area contributed by atoms with Crippen LogP contribution in [0.1, 0.15) is 12.8 Å². The van der Waals surface area contributed by atoms with E-state index < -0.39 is 17.2 Å². The fraction of sp³-hybridized carbons (Fsp3) is 0.833. The van der Waals surface area contributed by atoms with Gasteiger partial charge in [0.25, 0.3) is 5.92 Å². The SMILES string of the molecule is O=C1NCCC12CC2(F)F. The number of halogens is 2. The van der Waals surface area contributed by atoms with Gasteiger partial charge in [-0.3, -0.25) is 4.79 Å². The van der Waals surface area contributed by atoms with Crippen molar-refractivity contribution in [3.8, 4) is 0 Å². The molecule has 4 heteroatoms. The van der Waals surface area contributed by atoms with Crippen LogP contribution in [0.2, 0.25) is 0 Å². The zero-order valence-corrected chi connectivity index (χ0v) is 5.29. The van der Waals surface area contributed by atoms with Crippen LogP contribution in [0.5, 0.6) is 0 Å². The first-order valence-electron chi connectivity index (χ1n) is 3.25. The molecule has 2 aliphatic rings. The topological polar surface area (TPSA) is 29.1 Å². The van der Waals surface area contributed by atoms with E-state index in [2.05, 4.69) is 5.32 Å². The Hall–Kier alpha value is -0.670. The van der Waals surface area contributed by atoms with Crippen molar-refractivity contribution in [3.05, 3.63) is 0 Å². The smallest absolute Gasteiger partial charge is 0.263 e. The van der Waals surface area contributed by atoms with Gasteiger partial charge in [0, 0.05) is 13.0 Å².